The van der Waals surface area contributed by atoms with E-state index in [-0.39, 0.29) is 17.9 Å². The number of nitrogens with zero attached hydrogens (tertiary/aromatic N) is 1. The molecule has 120 valence electrons. The van der Waals surface area contributed by atoms with Gasteiger partial charge < -0.3 is 15.4 Å². The smallest absolute Gasteiger partial charge is 0.227 e. The summed E-state index contributed by atoms with van der Waals surface area (Å²) in [6.45, 7) is 1.26. The molecule has 1 aromatic rings. The van der Waals surface area contributed by atoms with Crippen LogP contribution in [0.2, 0.25) is 0 Å². The van der Waals surface area contributed by atoms with E-state index in [4.69, 9.17) is 10.5 Å². The molecule has 4 nitrogen and oxygen atoms in total. The average Bonchev–Trinajstić information content (AvgIpc) is 2.95. The third-order valence-electron chi connectivity index (χ3n) is 4.58. The quantitative estimate of drug-likeness (QED) is 0.909. The Labute approximate surface area is 128 Å². The first kappa shape index (κ1) is 15.4. The van der Waals surface area contributed by atoms with Crippen LogP contribution in [0.1, 0.15) is 30.9 Å². The Morgan fingerprint density at radius 2 is 2.09 bits per heavy atom. The lowest BCUT2D eigenvalue weighted by molar-refractivity contribution is -0.143. The average molecular weight is 310 g/mol. The highest BCUT2D eigenvalue weighted by Gasteiger charge is 2.35. The van der Waals surface area contributed by atoms with Crippen molar-refractivity contribution in [3.8, 4) is 0 Å². The minimum Gasteiger partial charge on any atom is -0.370 e. The standard InChI is InChI=1S/C16H20F2N2O2/c17-12-5-4-10(8-13(12)18)15-9-20(6-7-22-15)16(21)11-2-1-3-14(11)19/h4-5,8,11,14-15H,1-3,6-7,9,19H2/t11-,14-,15+/m1/s1. The van der Waals surface area contributed by atoms with Crippen molar-refractivity contribution in [2.45, 2.75) is 31.4 Å². The first-order valence-electron chi connectivity index (χ1n) is 7.67. The van der Waals surface area contributed by atoms with E-state index in [1.807, 2.05) is 0 Å². The number of morpholine rings is 1. The van der Waals surface area contributed by atoms with Crippen LogP contribution < -0.4 is 5.73 Å². The van der Waals surface area contributed by atoms with E-state index in [1.54, 1.807) is 4.90 Å². The number of ether oxygens (including phenoxy) is 1. The van der Waals surface area contributed by atoms with Gasteiger partial charge in [0.05, 0.1) is 19.1 Å². The largest absolute Gasteiger partial charge is 0.370 e. The van der Waals surface area contributed by atoms with Gasteiger partial charge in [-0.1, -0.05) is 12.5 Å². The predicted octanol–water partition coefficient (Wildman–Crippen LogP) is 1.99. The third kappa shape index (κ3) is 2.98. The molecule has 1 amide bonds. The summed E-state index contributed by atoms with van der Waals surface area (Å²) in [6, 6.07) is 3.65. The van der Waals surface area contributed by atoms with Gasteiger partial charge in [0.15, 0.2) is 11.6 Å². The van der Waals surface area contributed by atoms with Crippen LogP contribution in [-0.4, -0.2) is 36.5 Å². The lowest BCUT2D eigenvalue weighted by atomic mass is 10.0. The molecule has 6 heteroatoms. The normalized spacial score (nSPS) is 28.9. The fourth-order valence-electron chi connectivity index (χ4n) is 3.29. The van der Waals surface area contributed by atoms with Crippen molar-refractivity contribution in [2.24, 2.45) is 11.7 Å². The van der Waals surface area contributed by atoms with Crippen molar-refractivity contribution in [2.75, 3.05) is 19.7 Å². The second kappa shape index (κ2) is 6.30. The van der Waals surface area contributed by atoms with Gasteiger partial charge in [0.1, 0.15) is 6.10 Å². The minimum absolute atomic E-state index is 0.0564. The molecule has 3 rings (SSSR count). The molecule has 2 N–H and O–H groups in total. The van der Waals surface area contributed by atoms with Gasteiger partial charge in [-0.05, 0) is 30.5 Å². The fourth-order valence-corrected chi connectivity index (χ4v) is 3.29. The maximum atomic E-state index is 13.4. The van der Waals surface area contributed by atoms with E-state index in [0.29, 0.717) is 25.3 Å². The highest BCUT2D eigenvalue weighted by atomic mass is 19.2. The summed E-state index contributed by atoms with van der Waals surface area (Å²) < 4.78 is 32.0. The van der Waals surface area contributed by atoms with Crippen LogP contribution in [-0.2, 0) is 9.53 Å². The van der Waals surface area contributed by atoms with Crippen molar-refractivity contribution in [3.63, 3.8) is 0 Å². The summed E-state index contributed by atoms with van der Waals surface area (Å²) in [6.07, 6.45) is 2.26. The van der Waals surface area contributed by atoms with E-state index >= 15 is 0 Å². The van der Waals surface area contributed by atoms with Gasteiger partial charge in [-0.15, -0.1) is 0 Å². The lowest BCUT2D eigenvalue weighted by Gasteiger charge is -2.35. The first-order chi connectivity index (χ1) is 10.6. The highest BCUT2D eigenvalue weighted by Crippen LogP contribution is 2.29. The van der Waals surface area contributed by atoms with Gasteiger partial charge in [0.25, 0.3) is 0 Å². The molecule has 0 spiro atoms. The monoisotopic (exact) mass is 310 g/mol. The molecule has 0 bridgehead atoms. The zero-order valence-corrected chi connectivity index (χ0v) is 12.3. The number of hydrogen-bond acceptors (Lipinski definition) is 3. The number of hydrogen-bond donors (Lipinski definition) is 1. The van der Waals surface area contributed by atoms with Gasteiger partial charge in [-0.3, -0.25) is 4.79 Å². The summed E-state index contributed by atoms with van der Waals surface area (Å²) in [7, 11) is 0. The van der Waals surface area contributed by atoms with Gasteiger partial charge in [0.2, 0.25) is 5.91 Å². The Morgan fingerprint density at radius 1 is 1.27 bits per heavy atom. The molecular formula is C16H20F2N2O2. The van der Waals surface area contributed by atoms with Crippen molar-refractivity contribution < 1.29 is 18.3 Å². The van der Waals surface area contributed by atoms with E-state index in [2.05, 4.69) is 0 Å². The van der Waals surface area contributed by atoms with Crippen molar-refractivity contribution in [3.05, 3.63) is 35.4 Å². The second-order valence-corrected chi connectivity index (χ2v) is 6.02. The molecule has 1 heterocycles. The van der Waals surface area contributed by atoms with Crippen molar-refractivity contribution in [1.82, 2.24) is 4.90 Å². The summed E-state index contributed by atoms with van der Waals surface area (Å²) >= 11 is 0. The second-order valence-electron chi connectivity index (χ2n) is 6.02. The van der Waals surface area contributed by atoms with Crippen LogP contribution in [0.3, 0.4) is 0 Å². The maximum absolute atomic E-state index is 13.4. The fraction of sp³-hybridized carbons (Fsp3) is 0.562. The van der Waals surface area contributed by atoms with Crippen LogP contribution in [0.25, 0.3) is 0 Å². The molecule has 1 aromatic carbocycles. The number of amides is 1. The molecule has 1 aliphatic heterocycles. The molecule has 2 fully saturated rings. The molecule has 3 atom stereocenters. The number of halogens is 2. The number of carbonyl (C=O) groups is 1. The summed E-state index contributed by atoms with van der Waals surface area (Å²) in [5, 5.41) is 0. The summed E-state index contributed by atoms with van der Waals surface area (Å²) in [5.41, 5.74) is 6.55. The van der Waals surface area contributed by atoms with Crippen LogP contribution in [0.5, 0.6) is 0 Å². The Bertz CT molecular complexity index is 567. The van der Waals surface area contributed by atoms with E-state index in [1.165, 1.54) is 6.07 Å². The molecule has 22 heavy (non-hydrogen) atoms. The molecule has 2 aliphatic rings. The topological polar surface area (TPSA) is 55.6 Å². The van der Waals surface area contributed by atoms with E-state index in [0.717, 1.165) is 31.4 Å². The lowest BCUT2D eigenvalue weighted by Crippen LogP contribution is -2.47. The predicted molar refractivity (Wildman–Crippen MR) is 76.9 cm³/mol. The molecular weight excluding hydrogens is 290 g/mol. The molecule has 0 aromatic heterocycles. The summed E-state index contributed by atoms with van der Waals surface area (Å²) in [5.74, 6) is -1.85. The number of carbonyl (C=O) groups excluding carboxylic acids is 1. The van der Waals surface area contributed by atoms with Gasteiger partial charge in [-0.25, -0.2) is 8.78 Å². The Morgan fingerprint density at radius 3 is 2.77 bits per heavy atom. The number of benzene rings is 1. The molecule has 0 unspecified atom stereocenters. The van der Waals surface area contributed by atoms with Gasteiger partial charge >= 0.3 is 0 Å². The zero-order valence-electron chi connectivity index (χ0n) is 12.3. The third-order valence-corrected chi connectivity index (χ3v) is 4.58. The molecule has 1 saturated heterocycles. The van der Waals surface area contributed by atoms with Crippen LogP contribution >= 0.6 is 0 Å². The van der Waals surface area contributed by atoms with E-state index < -0.39 is 17.7 Å². The highest BCUT2D eigenvalue weighted by molar-refractivity contribution is 5.80. The molecule has 1 saturated carbocycles. The Kier molecular flexibility index (Phi) is 4.40. The Balaban J connectivity index is 1.71. The van der Waals surface area contributed by atoms with E-state index in [9.17, 15) is 13.6 Å². The summed E-state index contributed by atoms with van der Waals surface area (Å²) in [4.78, 5) is 14.3. The first-order valence-corrected chi connectivity index (χ1v) is 7.67. The minimum atomic E-state index is -0.901. The number of rotatable bonds is 2. The van der Waals surface area contributed by atoms with Crippen molar-refractivity contribution >= 4 is 5.91 Å². The molecule has 0 radical (unpaired) electrons. The molecule has 1 aliphatic carbocycles. The van der Waals surface area contributed by atoms with Crippen LogP contribution in [0, 0.1) is 17.6 Å². The zero-order chi connectivity index (χ0) is 15.7. The Hall–Kier alpha value is -1.53. The number of nitrogens with two attached hydrogens (primary N) is 1. The van der Waals surface area contributed by atoms with Crippen LogP contribution in [0.15, 0.2) is 18.2 Å². The van der Waals surface area contributed by atoms with Crippen LogP contribution in [0.4, 0.5) is 8.78 Å². The maximum Gasteiger partial charge on any atom is 0.227 e. The van der Waals surface area contributed by atoms with Gasteiger partial charge in [-0.2, -0.15) is 0 Å². The van der Waals surface area contributed by atoms with Gasteiger partial charge in [0, 0.05) is 12.6 Å². The SMILES string of the molecule is N[C@@H]1CCC[C@H]1C(=O)N1CCO[C@H](c2ccc(F)c(F)c2)C1. The van der Waals surface area contributed by atoms with Crippen molar-refractivity contribution in [1.29, 1.82) is 0 Å².